The number of carbonyl (C=O) groups is 1. The van der Waals surface area contributed by atoms with Crippen LogP contribution in [0.4, 0.5) is 11.4 Å². The fourth-order valence-corrected chi connectivity index (χ4v) is 1.99. The van der Waals surface area contributed by atoms with Gasteiger partial charge in [-0.25, -0.2) is 0 Å². The van der Waals surface area contributed by atoms with Crippen molar-refractivity contribution in [2.45, 2.75) is 0 Å². The van der Waals surface area contributed by atoms with E-state index in [0.717, 1.165) is 0 Å². The molecule has 0 heterocycles. The molecule has 17 heavy (non-hydrogen) atoms. The van der Waals surface area contributed by atoms with Crippen LogP contribution in [0.5, 0.6) is 0 Å². The van der Waals surface area contributed by atoms with Crippen LogP contribution >= 0.6 is 34.8 Å². The highest BCUT2D eigenvalue weighted by molar-refractivity contribution is 6.70. The number of nitro groups is 2. The van der Waals surface area contributed by atoms with Crippen LogP contribution in [-0.4, -0.2) is 15.1 Å². The summed E-state index contributed by atoms with van der Waals surface area (Å²) in [4.78, 5) is 30.2. The molecule has 0 N–H and O–H groups in total. The van der Waals surface area contributed by atoms with Gasteiger partial charge in [0.1, 0.15) is 10.0 Å². The fourth-order valence-electron chi connectivity index (χ4n) is 1.05. The van der Waals surface area contributed by atoms with E-state index in [1.807, 2.05) is 0 Å². The van der Waals surface area contributed by atoms with Crippen LogP contribution in [0, 0.1) is 20.2 Å². The standard InChI is InChI=1S/C7HCl3N2O5/c8-5-2(11(14)15)1-3(12(16)17)6(9)4(5)7(10)13/h1H. The molecule has 0 atom stereocenters. The number of nitro benzene ring substituents is 2. The Balaban J connectivity index is 3.76. The zero-order valence-electron chi connectivity index (χ0n) is 7.65. The van der Waals surface area contributed by atoms with Crippen LogP contribution in [0.1, 0.15) is 10.4 Å². The minimum absolute atomic E-state index is 0.563. The molecule has 0 aliphatic heterocycles. The summed E-state index contributed by atoms with van der Waals surface area (Å²) in [6.07, 6.45) is 0. The van der Waals surface area contributed by atoms with Crippen LogP contribution in [0.3, 0.4) is 0 Å². The number of hydrogen-bond acceptors (Lipinski definition) is 5. The normalized spacial score (nSPS) is 10.1. The lowest BCUT2D eigenvalue weighted by atomic mass is 10.2. The van der Waals surface area contributed by atoms with Crippen LogP contribution in [0.2, 0.25) is 10.0 Å². The summed E-state index contributed by atoms with van der Waals surface area (Å²) in [6.45, 7) is 0. The van der Waals surface area contributed by atoms with Gasteiger partial charge in [-0.1, -0.05) is 23.2 Å². The highest BCUT2D eigenvalue weighted by Gasteiger charge is 2.30. The number of halogens is 3. The molecule has 0 bridgehead atoms. The average Bonchev–Trinajstić information content (AvgIpc) is 2.15. The van der Waals surface area contributed by atoms with Crippen molar-refractivity contribution in [3.05, 3.63) is 41.9 Å². The van der Waals surface area contributed by atoms with Gasteiger partial charge in [0.25, 0.3) is 16.6 Å². The zero-order chi connectivity index (χ0) is 13.3. The van der Waals surface area contributed by atoms with E-state index in [9.17, 15) is 25.0 Å². The third-order valence-electron chi connectivity index (χ3n) is 1.75. The lowest BCUT2D eigenvalue weighted by Crippen LogP contribution is -2.01. The predicted octanol–water partition coefficient (Wildman–Crippen LogP) is 3.19. The first-order valence-electron chi connectivity index (χ1n) is 3.78. The first-order valence-corrected chi connectivity index (χ1v) is 4.91. The summed E-state index contributed by atoms with van der Waals surface area (Å²) in [5.41, 5.74) is -2.28. The summed E-state index contributed by atoms with van der Waals surface area (Å²) in [5.74, 6) is 0. The number of nitrogens with zero attached hydrogens (tertiary/aromatic N) is 2. The predicted molar refractivity (Wildman–Crippen MR) is 60.0 cm³/mol. The molecule has 0 spiro atoms. The summed E-state index contributed by atoms with van der Waals surface area (Å²) in [7, 11) is 0. The lowest BCUT2D eigenvalue weighted by molar-refractivity contribution is -0.394. The Labute approximate surface area is 108 Å². The van der Waals surface area contributed by atoms with Crippen LogP contribution < -0.4 is 0 Å². The molecule has 0 aliphatic rings. The molecule has 1 aromatic carbocycles. The maximum atomic E-state index is 11.0. The van der Waals surface area contributed by atoms with Crippen molar-refractivity contribution in [2.24, 2.45) is 0 Å². The van der Waals surface area contributed by atoms with Gasteiger partial charge in [-0.3, -0.25) is 25.0 Å². The number of benzene rings is 1. The number of hydrogen-bond donors (Lipinski definition) is 0. The van der Waals surface area contributed by atoms with Gasteiger partial charge in [-0.05, 0) is 11.6 Å². The van der Waals surface area contributed by atoms with E-state index < -0.39 is 42.1 Å². The Morgan fingerprint density at radius 3 is 1.65 bits per heavy atom. The van der Waals surface area contributed by atoms with E-state index >= 15 is 0 Å². The second-order valence-corrected chi connectivity index (χ2v) is 3.80. The molecule has 10 heteroatoms. The molecule has 0 saturated heterocycles. The Bertz CT molecular complexity index is 507. The molecule has 1 rings (SSSR count). The molecule has 90 valence electrons. The molecule has 0 aliphatic carbocycles. The highest BCUT2D eigenvalue weighted by Crippen LogP contribution is 2.40. The lowest BCUT2D eigenvalue weighted by Gasteiger charge is -2.03. The Morgan fingerprint density at radius 2 is 1.41 bits per heavy atom. The van der Waals surface area contributed by atoms with Gasteiger partial charge in [-0.2, -0.15) is 0 Å². The Morgan fingerprint density at radius 1 is 1.06 bits per heavy atom. The van der Waals surface area contributed by atoms with Gasteiger partial charge >= 0.3 is 0 Å². The Kier molecular flexibility index (Phi) is 3.87. The fraction of sp³-hybridized carbons (Fsp3) is 0. The quantitative estimate of drug-likeness (QED) is 0.484. The van der Waals surface area contributed by atoms with E-state index in [1.54, 1.807) is 0 Å². The molecule has 0 aromatic heterocycles. The van der Waals surface area contributed by atoms with Gasteiger partial charge in [0.2, 0.25) is 0 Å². The van der Waals surface area contributed by atoms with E-state index in [0.29, 0.717) is 6.07 Å². The summed E-state index contributed by atoms with van der Waals surface area (Å²) >= 11 is 16.2. The SMILES string of the molecule is O=C(Cl)c1c(Cl)c([N+](=O)[O-])cc([N+](=O)[O-])c1Cl. The second-order valence-electron chi connectivity index (χ2n) is 2.71. The van der Waals surface area contributed by atoms with Crippen LogP contribution in [-0.2, 0) is 0 Å². The maximum absolute atomic E-state index is 11.0. The minimum atomic E-state index is -1.22. The van der Waals surface area contributed by atoms with Gasteiger partial charge in [0.05, 0.1) is 21.5 Å². The van der Waals surface area contributed by atoms with Crippen LogP contribution in [0.15, 0.2) is 6.07 Å². The van der Waals surface area contributed by atoms with Gasteiger partial charge < -0.3 is 0 Å². The summed E-state index contributed by atoms with van der Waals surface area (Å²) < 4.78 is 0. The van der Waals surface area contributed by atoms with Crippen molar-refractivity contribution in [3.63, 3.8) is 0 Å². The van der Waals surface area contributed by atoms with Gasteiger partial charge in [0.15, 0.2) is 0 Å². The molecule has 0 fully saturated rings. The van der Waals surface area contributed by atoms with E-state index in [4.69, 9.17) is 34.8 Å². The molecule has 0 radical (unpaired) electrons. The molecule has 1 aromatic rings. The van der Waals surface area contributed by atoms with Crippen molar-refractivity contribution in [1.82, 2.24) is 0 Å². The summed E-state index contributed by atoms with van der Waals surface area (Å²) in [6, 6.07) is 0.563. The van der Waals surface area contributed by atoms with Crippen molar-refractivity contribution in [3.8, 4) is 0 Å². The van der Waals surface area contributed by atoms with Crippen molar-refractivity contribution in [2.75, 3.05) is 0 Å². The third kappa shape index (κ3) is 2.46. The van der Waals surface area contributed by atoms with Gasteiger partial charge in [-0.15, -0.1) is 0 Å². The first-order chi connectivity index (χ1) is 7.77. The molecule has 0 saturated carbocycles. The van der Waals surface area contributed by atoms with Crippen molar-refractivity contribution >= 4 is 51.4 Å². The van der Waals surface area contributed by atoms with E-state index in [2.05, 4.69) is 0 Å². The maximum Gasteiger partial charge on any atom is 0.295 e. The molecule has 0 amide bonds. The first kappa shape index (κ1) is 13.6. The zero-order valence-corrected chi connectivity index (χ0v) is 9.91. The molecule has 0 unspecified atom stereocenters. The molecular formula is C7HCl3N2O5. The van der Waals surface area contributed by atoms with Crippen LogP contribution in [0.25, 0.3) is 0 Å². The highest BCUT2D eigenvalue weighted by atomic mass is 35.5. The number of carbonyl (C=O) groups excluding carboxylic acids is 1. The topological polar surface area (TPSA) is 103 Å². The minimum Gasteiger partial charge on any atom is -0.275 e. The van der Waals surface area contributed by atoms with Crippen molar-refractivity contribution < 1.29 is 14.6 Å². The number of rotatable bonds is 3. The van der Waals surface area contributed by atoms with E-state index in [-0.39, 0.29) is 0 Å². The molecular weight excluding hydrogens is 298 g/mol. The van der Waals surface area contributed by atoms with Gasteiger partial charge in [0, 0.05) is 0 Å². The largest absolute Gasteiger partial charge is 0.295 e. The van der Waals surface area contributed by atoms with Crippen molar-refractivity contribution in [1.29, 1.82) is 0 Å². The smallest absolute Gasteiger partial charge is 0.275 e. The Hall–Kier alpha value is -1.44. The summed E-state index contributed by atoms with van der Waals surface area (Å²) in [5, 5.41) is 18.7. The monoisotopic (exact) mass is 298 g/mol. The third-order valence-corrected chi connectivity index (χ3v) is 2.71. The van der Waals surface area contributed by atoms with E-state index in [1.165, 1.54) is 0 Å². The molecule has 7 nitrogen and oxygen atoms in total. The second kappa shape index (κ2) is 4.82. The average molecular weight is 299 g/mol.